The third kappa shape index (κ3) is 2.99. The van der Waals surface area contributed by atoms with Gasteiger partial charge < -0.3 is 16.0 Å². The van der Waals surface area contributed by atoms with Gasteiger partial charge in [-0.1, -0.05) is 0 Å². The van der Waals surface area contributed by atoms with Crippen molar-refractivity contribution in [3.05, 3.63) is 30.1 Å². The zero-order chi connectivity index (χ0) is 16.8. The monoisotopic (exact) mass is 313 g/mol. The van der Waals surface area contributed by atoms with Crippen molar-refractivity contribution in [2.75, 3.05) is 18.0 Å². The minimum absolute atomic E-state index is 0.0291. The largest absolute Gasteiger partial charge is 0.366 e. The van der Waals surface area contributed by atoms with Crippen LogP contribution in [0.3, 0.4) is 0 Å². The molecule has 1 saturated heterocycles. The van der Waals surface area contributed by atoms with Crippen LogP contribution in [0.1, 0.15) is 38.1 Å². The van der Waals surface area contributed by atoms with Crippen molar-refractivity contribution in [2.45, 2.75) is 38.8 Å². The van der Waals surface area contributed by atoms with Crippen LogP contribution in [0.15, 0.2) is 24.5 Å². The average molecular weight is 313 g/mol. The topological polar surface area (TPSA) is 84.1 Å². The molecule has 6 heteroatoms. The highest BCUT2D eigenvalue weighted by atomic mass is 16.1. The molecule has 0 unspecified atom stereocenters. The molecular weight excluding hydrogens is 290 g/mol. The van der Waals surface area contributed by atoms with Gasteiger partial charge in [-0.05, 0) is 39.8 Å². The normalized spacial score (nSPS) is 19.7. The maximum atomic E-state index is 11.6. The van der Waals surface area contributed by atoms with Crippen molar-refractivity contribution in [2.24, 2.45) is 5.73 Å². The summed E-state index contributed by atoms with van der Waals surface area (Å²) in [5.74, 6) is -0.483. The molecule has 2 aromatic rings. The van der Waals surface area contributed by atoms with E-state index in [-0.39, 0.29) is 11.1 Å². The lowest BCUT2D eigenvalue weighted by molar-refractivity contribution is 0.100. The Morgan fingerprint density at radius 3 is 2.22 bits per heavy atom. The summed E-state index contributed by atoms with van der Waals surface area (Å²) >= 11 is 0. The van der Waals surface area contributed by atoms with E-state index in [1.807, 2.05) is 6.07 Å². The third-order valence-corrected chi connectivity index (χ3v) is 4.06. The molecule has 0 atom stereocenters. The standard InChI is InChI=1S/C17H23N5O/c1-16(2)9-22(10-17(3,4)21-16)12-6-5-11(15(18)23)13-14(12)20-8-7-19-13/h5-8,21H,9-10H2,1-4H3,(H2,18,23). The molecule has 6 nitrogen and oxygen atoms in total. The fourth-order valence-electron chi connectivity index (χ4n) is 3.67. The smallest absolute Gasteiger partial charge is 0.250 e. The van der Waals surface area contributed by atoms with E-state index in [4.69, 9.17) is 5.73 Å². The van der Waals surface area contributed by atoms with Crippen LogP contribution in [-0.2, 0) is 0 Å². The summed E-state index contributed by atoms with van der Waals surface area (Å²) in [6, 6.07) is 3.67. The molecule has 3 N–H and O–H groups in total. The van der Waals surface area contributed by atoms with Gasteiger partial charge in [0.15, 0.2) is 0 Å². The van der Waals surface area contributed by atoms with Gasteiger partial charge in [-0.2, -0.15) is 0 Å². The summed E-state index contributed by atoms with van der Waals surface area (Å²) in [6.45, 7) is 10.4. The number of amides is 1. The van der Waals surface area contributed by atoms with E-state index in [9.17, 15) is 4.79 Å². The molecule has 0 bridgehead atoms. The Bertz CT molecular complexity index is 753. The van der Waals surface area contributed by atoms with Crippen LogP contribution in [-0.4, -0.2) is 40.0 Å². The number of hydrogen-bond donors (Lipinski definition) is 2. The van der Waals surface area contributed by atoms with Crippen LogP contribution in [0.2, 0.25) is 0 Å². The van der Waals surface area contributed by atoms with E-state index in [0.717, 1.165) is 24.3 Å². The van der Waals surface area contributed by atoms with E-state index < -0.39 is 5.91 Å². The van der Waals surface area contributed by atoms with E-state index in [0.29, 0.717) is 11.1 Å². The van der Waals surface area contributed by atoms with Crippen LogP contribution in [0, 0.1) is 0 Å². The van der Waals surface area contributed by atoms with Gasteiger partial charge in [0.2, 0.25) is 0 Å². The number of nitrogens with two attached hydrogens (primary N) is 1. The number of piperazine rings is 1. The molecule has 1 aromatic carbocycles. The van der Waals surface area contributed by atoms with E-state index in [1.54, 1.807) is 18.5 Å². The number of benzene rings is 1. The lowest BCUT2D eigenvalue weighted by Crippen LogP contribution is -2.67. The lowest BCUT2D eigenvalue weighted by Gasteiger charge is -2.49. The zero-order valence-electron chi connectivity index (χ0n) is 14.1. The summed E-state index contributed by atoms with van der Waals surface area (Å²) < 4.78 is 0. The molecule has 0 radical (unpaired) electrons. The van der Waals surface area contributed by atoms with E-state index in [2.05, 4.69) is 47.9 Å². The Morgan fingerprint density at radius 1 is 1.09 bits per heavy atom. The summed E-state index contributed by atoms with van der Waals surface area (Å²) in [4.78, 5) is 22.7. The van der Waals surface area contributed by atoms with E-state index in [1.165, 1.54) is 0 Å². The molecule has 1 aromatic heterocycles. The van der Waals surface area contributed by atoms with Gasteiger partial charge >= 0.3 is 0 Å². The first kappa shape index (κ1) is 15.7. The fourth-order valence-corrected chi connectivity index (χ4v) is 3.67. The van der Waals surface area contributed by atoms with Gasteiger partial charge in [-0.25, -0.2) is 0 Å². The summed E-state index contributed by atoms with van der Waals surface area (Å²) in [5.41, 5.74) is 8.08. The Labute approximate surface area is 136 Å². The molecule has 0 aliphatic carbocycles. The Morgan fingerprint density at radius 2 is 1.65 bits per heavy atom. The number of nitrogens with one attached hydrogen (secondary N) is 1. The van der Waals surface area contributed by atoms with E-state index >= 15 is 0 Å². The first-order valence-corrected chi connectivity index (χ1v) is 7.76. The number of primary amides is 1. The van der Waals surface area contributed by atoms with Crippen molar-refractivity contribution in [3.8, 4) is 0 Å². The molecule has 1 fully saturated rings. The van der Waals surface area contributed by atoms with Crippen molar-refractivity contribution in [1.82, 2.24) is 15.3 Å². The zero-order valence-corrected chi connectivity index (χ0v) is 14.1. The van der Waals surface area contributed by atoms with Gasteiger partial charge in [0.25, 0.3) is 5.91 Å². The number of hydrogen-bond acceptors (Lipinski definition) is 5. The molecule has 0 spiro atoms. The maximum absolute atomic E-state index is 11.6. The van der Waals surface area contributed by atoms with Gasteiger partial charge in [0, 0.05) is 36.6 Å². The number of carbonyl (C=O) groups is 1. The highest BCUT2D eigenvalue weighted by molar-refractivity contribution is 6.06. The van der Waals surface area contributed by atoms with Gasteiger partial charge in [0.1, 0.15) is 11.0 Å². The highest BCUT2D eigenvalue weighted by Crippen LogP contribution is 2.31. The third-order valence-electron chi connectivity index (χ3n) is 4.06. The Hall–Kier alpha value is -2.21. The van der Waals surface area contributed by atoms with Gasteiger partial charge in [-0.15, -0.1) is 0 Å². The van der Waals surface area contributed by atoms with Crippen molar-refractivity contribution in [3.63, 3.8) is 0 Å². The molecule has 1 aliphatic rings. The number of anilines is 1. The van der Waals surface area contributed by atoms with Crippen molar-refractivity contribution < 1.29 is 4.79 Å². The Balaban J connectivity index is 2.14. The summed E-state index contributed by atoms with van der Waals surface area (Å²) in [7, 11) is 0. The predicted molar refractivity (Wildman–Crippen MR) is 91.6 cm³/mol. The predicted octanol–water partition coefficient (Wildman–Crippen LogP) is 1.70. The van der Waals surface area contributed by atoms with Crippen LogP contribution >= 0.6 is 0 Å². The number of aromatic nitrogens is 2. The lowest BCUT2D eigenvalue weighted by atomic mass is 9.91. The fraction of sp³-hybridized carbons (Fsp3) is 0.471. The molecular formula is C17H23N5O. The highest BCUT2D eigenvalue weighted by Gasteiger charge is 2.37. The van der Waals surface area contributed by atoms with Crippen molar-refractivity contribution in [1.29, 1.82) is 0 Å². The minimum Gasteiger partial charge on any atom is -0.366 e. The molecule has 0 saturated carbocycles. The molecule has 3 rings (SSSR count). The van der Waals surface area contributed by atoms with Crippen molar-refractivity contribution >= 4 is 22.6 Å². The molecule has 1 aliphatic heterocycles. The van der Waals surface area contributed by atoms with Crippen LogP contribution in [0.25, 0.3) is 11.0 Å². The van der Waals surface area contributed by atoms with Crippen LogP contribution in [0.4, 0.5) is 5.69 Å². The Kier molecular flexibility index (Phi) is 3.52. The van der Waals surface area contributed by atoms with Crippen LogP contribution < -0.4 is 16.0 Å². The second-order valence-corrected chi connectivity index (χ2v) is 7.50. The average Bonchev–Trinajstić information content (AvgIpc) is 2.42. The second kappa shape index (κ2) is 5.16. The molecule has 122 valence electrons. The number of nitrogens with zero attached hydrogens (tertiary/aromatic N) is 3. The first-order chi connectivity index (χ1) is 10.7. The molecule has 23 heavy (non-hydrogen) atoms. The first-order valence-electron chi connectivity index (χ1n) is 7.76. The number of fused-ring (bicyclic) bond motifs is 1. The van der Waals surface area contributed by atoms with Crippen LogP contribution in [0.5, 0.6) is 0 Å². The molecule has 1 amide bonds. The second-order valence-electron chi connectivity index (χ2n) is 7.50. The quantitative estimate of drug-likeness (QED) is 0.881. The maximum Gasteiger partial charge on any atom is 0.250 e. The van der Waals surface area contributed by atoms with Gasteiger partial charge in [-0.3, -0.25) is 14.8 Å². The summed E-state index contributed by atoms with van der Waals surface area (Å²) in [5, 5.41) is 3.66. The number of carbonyl (C=O) groups excluding carboxylic acids is 1. The molecule has 2 heterocycles. The SMILES string of the molecule is CC1(C)CN(c2ccc(C(N)=O)c3nccnc23)CC(C)(C)N1. The minimum atomic E-state index is -0.483. The number of rotatable bonds is 2. The van der Waals surface area contributed by atoms with Gasteiger partial charge in [0.05, 0.1) is 11.3 Å². The summed E-state index contributed by atoms with van der Waals surface area (Å²) in [6.07, 6.45) is 3.24.